The zero-order valence-electron chi connectivity index (χ0n) is 13.4. The Labute approximate surface area is 131 Å². The Morgan fingerprint density at radius 1 is 0.636 bits per heavy atom. The van der Waals surface area contributed by atoms with Crippen molar-refractivity contribution < 1.29 is 0 Å². The van der Waals surface area contributed by atoms with Crippen molar-refractivity contribution in [3.05, 3.63) is 78.4 Å². The molecule has 0 unspecified atom stereocenters. The maximum atomic E-state index is 2.34. The Balaban J connectivity index is 0.000000693. The highest BCUT2D eigenvalue weighted by Crippen LogP contribution is 2.32. The fourth-order valence-electron chi connectivity index (χ4n) is 2.94. The molecule has 0 bridgehead atoms. The van der Waals surface area contributed by atoms with Gasteiger partial charge in [-0.1, -0.05) is 62.4 Å². The van der Waals surface area contributed by atoms with Crippen LogP contribution >= 0.6 is 0 Å². The molecule has 0 aliphatic carbocycles. The normalized spacial score (nSPS) is 10.5. The molecule has 1 heteroatoms. The largest absolute Gasteiger partial charge is 0.309 e. The highest BCUT2D eigenvalue weighted by Gasteiger charge is 2.11. The summed E-state index contributed by atoms with van der Waals surface area (Å²) in [6, 6.07) is 25.8. The molecule has 0 saturated carbocycles. The summed E-state index contributed by atoms with van der Waals surface area (Å²) in [6.07, 6.45) is 0. The molecule has 110 valence electrons. The van der Waals surface area contributed by atoms with Crippen LogP contribution in [0.25, 0.3) is 27.5 Å². The summed E-state index contributed by atoms with van der Waals surface area (Å²) in [7, 11) is 0. The third-order valence-electron chi connectivity index (χ3n) is 3.84. The molecule has 4 aromatic rings. The Bertz CT molecular complexity index is 901. The molecule has 0 saturated heterocycles. The van der Waals surface area contributed by atoms with Crippen LogP contribution in [0.1, 0.15) is 19.4 Å². The van der Waals surface area contributed by atoms with Gasteiger partial charge in [0.1, 0.15) is 0 Å². The van der Waals surface area contributed by atoms with Crippen molar-refractivity contribution in [2.45, 2.75) is 20.8 Å². The first-order valence-corrected chi connectivity index (χ1v) is 7.90. The Kier molecular flexibility index (Phi) is 3.97. The van der Waals surface area contributed by atoms with Gasteiger partial charge in [-0.15, -0.1) is 0 Å². The maximum Gasteiger partial charge on any atom is 0.0543 e. The molecule has 1 aromatic heterocycles. The molecule has 1 heterocycles. The Morgan fingerprint density at radius 3 is 2.05 bits per heavy atom. The van der Waals surface area contributed by atoms with E-state index in [0.717, 1.165) is 0 Å². The average Bonchev–Trinajstić information content (AvgIpc) is 2.91. The molecule has 0 aliphatic heterocycles. The van der Waals surface area contributed by atoms with Crippen molar-refractivity contribution in [3.63, 3.8) is 0 Å². The van der Waals surface area contributed by atoms with Gasteiger partial charge in [-0.25, -0.2) is 0 Å². The standard InChI is InChI=1S/C19H15N.C2H6/c1-14-11-12-17-16-9-5-6-10-18(16)20(19(17)13-14)15-7-3-2-4-8-15;1-2/h2-13H,1H3;1-2H3. The smallest absolute Gasteiger partial charge is 0.0543 e. The van der Waals surface area contributed by atoms with Crippen LogP contribution in [0.3, 0.4) is 0 Å². The molecule has 0 atom stereocenters. The molecule has 0 N–H and O–H groups in total. The van der Waals surface area contributed by atoms with Gasteiger partial charge in [0.05, 0.1) is 11.0 Å². The van der Waals surface area contributed by atoms with E-state index in [-0.39, 0.29) is 0 Å². The van der Waals surface area contributed by atoms with E-state index in [0.29, 0.717) is 0 Å². The minimum atomic E-state index is 1.21. The Morgan fingerprint density at radius 2 is 1.27 bits per heavy atom. The number of hydrogen-bond acceptors (Lipinski definition) is 0. The highest BCUT2D eigenvalue weighted by molar-refractivity contribution is 6.09. The van der Waals surface area contributed by atoms with Gasteiger partial charge in [0.15, 0.2) is 0 Å². The zero-order valence-corrected chi connectivity index (χ0v) is 13.4. The van der Waals surface area contributed by atoms with Crippen LogP contribution in [-0.4, -0.2) is 4.57 Å². The molecular weight excluding hydrogens is 266 g/mol. The van der Waals surface area contributed by atoms with E-state index in [4.69, 9.17) is 0 Å². The second-order valence-corrected chi connectivity index (χ2v) is 5.21. The second kappa shape index (κ2) is 6.07. The van der Waals surface area contributed by atoms with E-state index in [1.807, 2.05) is 13.8 Å². The number of hydrogen-bond donors (Lipinski definition) is 0. The lowest BCUT2D eigenvalue weighted by atomic mass is 10.1. The molecule has 0 fully saturated rings. The van der Waals surface area contributed by atoms with E-state index in [9.17, 15) is 0 Å². The molecule has 22 heavy (non-hydrogen) atoms. The molecule has 0 aliphatic rings. The number of nitrogens with zero attached hydrogens (tertiary/aromatic N) is 1. The van der Waals surface area contributed by atoms with Crippen LogP contribution in [0, 0.1) is 6.92 Å². The van der Waals surface area contributed by atoms with Gasteiger partial charge in [-0.3, -0.25) is 0 Å². The van der Waals surface area contributed by atoms with E-state index < -0.39 is 0 Å². The van der Waals surface area contributed by atoms with Gasteiger partial charge in [0.2, 0.25) is 0 Å². The topological polar surface area (TPSA) is 4.93 Å². The Hall–Kier alpha value is -2.54. The number of para-hydroxylation sites is 2. The van der Waals surface area contributed by atoms with Crippen LogP contribution < -0.4 is 0 Å². The summed E-state index contributed by atoms with van der Waals surface area (Å²) >= 11 is 0. The van der Waals surface area contributed by atoms with Crippen LogP contribution in [0.2, 0.25) is 0 Å². The average molecular weight is 287 g/mol. The number of fused-ring (bicyclic) bond motifs is 3. The lowest BCUT2D eigenvalue weighted by Gasteiger charge is -2.07. The van der Waals surface area contributed by atoms with Gasteiger partial charge in [0, 0.05) is 16.5 Å². The first-order valence-electron chi connectivity index (χ1n) is 7.90. The van der Waals surface area contributed by atoms with Gasteiger partial charge in [-0.2, -0.15) is 0 Å². The first kappa shape index (κ1) is 14.4. The summed E-state index contributed by atoms with van der Waals surface area (Å²) in [6.45, 7) is 6.15. The minimum Gasteiger partial charge on any atom is -0.309 e. The van der Waals surface area contributed by atoms with Crippen LogP contribution in [0.4, 0.5) is 0 Å². The highest BCUT2D eigenvalue weighted by atomic mass is 15.0. The minimum absolute atomic E-state index is 1.21. The SMILES string of the molecule is CC.Cc1ccc2c3ccccc3n(-c3ccccc3)c2c1. The van der Waals surface area contributed by atoms with Crippen molar-refractivity contribution in [1.82, 2.24) is 4.57 Å². The molecule has 4 rings (SSSR count). The van der Waals surface area contributed by atoms with Gasteiger partial charge in [0.25, 0.3) is 0 Å². The fourth-order valence-corrected chi connectivity index (χ4v) is 2.94. The third kappa shape index (κ3) is 2.29. The third-order valence-corrected chi connectivity index (χ3v) is 3.84. The predicted molar refractivity (Wildman–Crippen MR) is 96.9 cm³/mol. The van der Waals surface area contributed by atoms with Crippen LogP contribution in [0.5, 0.6) is 0 Å². The molecule has 3 aromatic carbocycles. The van der Waals surface area contributed by atoms with Crippen LogP contribution in [0.15, 0.2) is 72.8 Å². The predicted octanol–water partition coefficient (Wildman–Crippen LogP) is 6.12. The van der Waals surface area contributed by atoms with Gasteiger partial charge in [-0.05, 0) is 36.8 Å². The first-order chi connectivity index (χ1) is 10.8. The molecule has 1 nitrogen and oxygen atoms in total. The summed E-state index contributed by atoms with van der Waals surface area (Å²) in [5, 5.41) is 2.63. The summed E-state index contributed by atoms with van der Waals surface area (Å²) in [5.41, 5.74) is 5.04. The molecule has 0 radical (unpaired) electrons. The zero-order chi connectivity index (χ0) is 15.5. The van der Waals surface area contributed by atoms with Crippen LogP contribution in [-0.2, 0) is 0 Å². The van der Waals surface area contributed by atoms with E-state index in [1.165, 1.54) is 33.1 Å². The van der Waals surface area contributed by atoms with E-state index in [2.05, 4.69) is 84.3 Å². The quantitative estimate of drug-likeness (QED) is 0.397. The second-order valence-electron chi connectivity index (χ2n) is 5.21. The number of benzene rings is 3. The summed E-state index contributed by atoms with van der Waals surface area (Å²) < 4.78 is 2.34. The van der Waals surface area contributed by atoms with E-state index >= 15 is 0 Å². The molecule has 0 amide bonds. The van der Waals surface area contributed by atoms with E-state index in [1.54, 1.807) is 0 Å². The monoisotopic (exact) mass is 287 g/mol. The number of rotatable bonds is 1. The van der Waals surface area contributed by atoms with Crippen molar-refractivity contribution in [2.75, 3.05) is 0 Å². The van der Waals surface area contributed by atoms with Gasteiger partial charge >= 0.3 is 0 Å². The fraction of sp³-hybridized carbons (Fsp3) is 0.143. The summed E-state index contributed by atoms with van der Waals surface area (Å²) in [5.74, 6) is 0. The molecular formula is C21H21N. The molecule has 0 spiro atoms. The lowest BCUT2D eigenvalue weighted by molar-refractivity contribution is 1.18. The maximum absolute atomic E-state index is 2.34. The van der Waals surface area contributed by atoms with Crippen molar-refractivity contribution in [3.8, 4) is 5.69 Å². The van der Waals surface area contributed by atoms with Crippen molar-refractivity contribution in [2.24, 2.45) is 0 Å². The summed E-state index contributed by atoms with van der Waals surface area (Å²) in [4.78, 5) is 0. The van der Waals surface area contributed by atoms with Crippen molar-refractivity contribution in [1.29, 1.82) is 0 Å². The number of aryl methyl sites for hydroxylation is 1. The van der Waals surface area contributed by atoms with Gasteiger partial charge < -0.3 is 4.57 Å². The van der Waals surface area contributed by atoms with Crippen molar-refractivity contribution >= 4 is 21.8 Å². The number of aromatic nitrogens is 1. The lowest BCUT2D eigenvalue weighted by Crippen LogP contribution is -1.92.